The summed E-state index contributed by atoms with van der Waals surface area (Å²) in [6, 6.07) is 2.97. The molecule has 0 unspecified atom stereocenters. The number of hydrogen-bond acceptors (Lipinski definition) is 0. The summed E-state index contributed by atoms with van der Waals surface area (Å²) in [5.41, 5.74) is 0. The normalized spacial score (nSPS) is 7.57. The molecule has 35 valence electrons. The van der Waals surface area contributed by atoms with Crippen molar-refractivity contribution in [2.45, 2.75) is 0 Å². The molecule has 1 heterocycles. The molecule has 1 nitrogen and oxygen atoms in total. The summed E-state index contributed by atoms with van der Waals surface area (Å²) >= 11 is 0. The number of aromatic nitrogens is 1. The maximum absolute atomic E-state index is 11.6. The third-order valence-electron chi connectivity index (χ3n) is 0.560. The standard InChI is InChI=1S/C4H4FN.B/c5-4-2-1-3-6-4;/h1-3,6H;. The van der Waals surface area contributed by atoms with E-state index < -0.39 is 0 Å². The molecule has 0 atom stereocenters. The summed E-state index contributed by atoms with van der Waals surface area (Å²) in [6.45, 7) is 0. The Labute approximate surface area is 43.1 Å². The van der Waals surface area contributed by atoms with E-state index in [4.69, 9.17) is 0 Å². The lowest BCUT2D eigenvalue weighted by atomic mass is 10.7. The van der Waals surface area contributed by atoms with Crippen molar-refractivity contribution in [3.63, 3.8) is 0 Å². The van der Waals surface area contributed by atoms with Crippen LogP contribution in [0.2, 0.25) is 0 Å². The van der Waals surface area contributed by atoms with Crippen molar-refractivity contribution in [3.8, 4) is 0 Å². The van der Waals surface area contributed by atoms with Crippen LogP contribution in [0.3, 0.4) is 0 Å². The van der Waals surface area contributed by atoms with E-state index in [0.29, 0.717) is 0 Å². The SMILES string of the molecule is Fc1ccc[nH]1.[B]. The highest BCUT2D eigenvalue weighted by atomic mass is 19.1. The maximum atomic E-state index is 11.6. The fraction of sp³-hybridized carbons (Fsp3) is 0. The van der Waals surface area contributed by atoms with Gasteiger partial charge in [0.1, 0.15) is 0 Å². The molecule has 0 saturated carbocycles. The minimum atomic E-state index is -0.282. The molecule has 0 fully saturated rings. The summed E-state index contributed by atoms with van der Waals surface area (Å²) < 4.78 is 11.6. The van der Waals surface area contributed by atoms with Gasteiger partial charge in [0.05, 0.1) is 0 Å². The number of H-pyrrole nitrogens is 1. The molecule has 3 heteroatoms. The van der Waals surface area contributed by atoms with Crippen molar-refractivity contribution in [1.82, 2.24) is 4.98 Å². The first kappa shape index (κ1) is 6.27. The first-order valence-corrected chi connectivity index (χ1v) is 1.68. The maximum Gasteiger partial charge on any atom is 0.191 e. The van der Waals surface area contributed by atoms with E-state index in [9.17, 15) is 4.39 Å². The minimum Gasteiger partial charge on any atom is -0.339 e. The van der Waals surface area contributed by atoms with Gasteiger partial charge in [-0.2, -0.15) is 4.39 Å². The second-order valence-electron chi connectivity index (χ2n) is 1.02. The van der Waals surface area contributed by atoms with Gasteiger partial charge in [-0.25, -0.2) is 0 Å². The Bertz CT molecular complexity index is 115. The van der Waals surface area contributed by atoms with Crippen LogP contribution in [0.15, 0.2) is 18.3 Å². The van der Waals surface area contributed by atoms with E-state index in [2.05, 4.69) is 4.98 Å². The van der Waals surface area contributed by atoms with E-state index in [1.165, 1.54) is 12.3 Å². The molecule has 0 aromatic carbocycles. The van der Waals surface area contributed by atoms with Gasteiger partial charge >= 0.3 is 0 Å². The van der Waals surface area contributed by atoms with Gasteiger partial charge in [-0.1, -0.05) is 0 Å². The molecule has 0 bridgehead atoms. The van der Waals surface area contributed by atoms with E-state index in [1.807, 2.05) is 0 Å². The average Bonchev–Trinajstić information content (AvgIpc) is 1.86. The highest BCUT2D eigenvalue weighted by molar-refractivity contribution is 5.75. The van der Waals surface area contributed by atoms with E-state index in [-0.39, 0.29) is 14.4 Å². The van der Waals surface area contributed by atoms with Gasteiger partial charge in [0.15, 0.2) is 5.95 Å². The van der Waals surface area contributed by atoms with Crippen LogP contribution in [0.5, 0.6) is 0 Å². The molecule has 0 aliphatic carbocycles. The van der Waals surface area contributed by atoms with E-state index in [1.54, 1.807) is 6.07 Å². The number of halogens is 1. The van der Waals surface area contributed by atoms with Gasteiger partial charge in [0, 0.05) is 14.6 Å². The molecule has 0 saturated heterocycles. The van der Waals surface area contributed by atoms with Crippen molar-refractivity contribution < 1.29 is 4.39 Å². The molecule has 1 rings (SSSR count). The van der Waals surface area contributed by atoms with E-state index >= 15 is 0 Å². The first-order chi connectivity index (χ1) is 2.89. The molecule has 0 amide bonds. The summed E-state index contributed by atoms with van der Waals surface area (Å²) in [4.78, 5) is 2.33. The predicted molar refractivity (Wildman–Crippen MR) is 26.5 cm³/mol. The lowest BCUT2D eigenvalue weighted by Crippen LogP contribution is -1.61. The van der Waals surface area contributed by atoms with Crippen LogP contribution in [-0.4, -0.2) is 13.4 Å². The second-order valence-corrected chi connectivity index (χ2v) is 1.02. The van der Waals surface area contributed by atoms with Crippen LogP contribution < -0.4 is 0 Å². The molecule has 0 aliphatic heterocycles. The van der Waals surface area contributed by atoms with Crippen LogP contribution in [0.25, 0.3) is 0 Å². The molecule has 1 N–H and O–H groups in total. The third kappa shape index (κ3) is 1.44. The molecular formula is C4H4BFN. The summed E-state index contributed by atoms with van der Waals surface area (Å²) in [5, 5.41) is 0. The summed E-state index contributed by atoms with van der Waals surface area (Å²) in [7, 11) is 0. The highest BCUT2D eigenvalue weighted by Crippen LogP contribution is 1.86. The van der Waals surface area contributed by atoms with Crippen molar-refractivity contribution in [1.29, 1.82) is 0 Å². The number of rotatable bonds is 0. The monoisotopic (exact) mass is 96.0 g/mol. The Morgan fingerprint density at radius 3 is 2.43 bits per heavy atom. The lowest BCUT2D eigenvalue weighted by Gasteiger charge is -1.64. The van der Waals surface area contributed by atoms with Gasteiger partial charge in [-0.3, -0.25) is 0 Å². The number of aromatic amines is 1. The zero-order valence-electron chi connectivity index (χ0n) is 3.69. The van der Waals surface area contributed by atoms with Crippen LogP contribution >= 0.6 is 0 Å². The third-order valence-corrected chi connectivity index (χ3v) is 0.560. The smallest absolute Gasteiger partial charge is 0.191 e. The van der Waals surface area contributed by atoms with Gasteiger partial charge in [0.2, 0.25) is 0 Å². The second kappa shape index (κ2) is 2.45. The molecule has 1 aromatic heterocycles. The Hall–Kier alpha value is -0.725. The van der Waals surface area contributed by atoms with Crippen molar-refractivity contribution in [2.24, 2.45) is 0 Å². The molecule has 7 heavy (non-hydrogen) atoms. The summed E-state index contributed by atoms with van der Waals surface area (Å²) in [5.74, 6) is -0.282. The van der Waals surface area contributed by atoms with Crippen molar-refractivity contribution in [3.05, 3.63) is 24.3 Å². The van der Waals surface area contributed by atoms with Crippen LogP contribution in [-0.2, 0) is 0 Å². The molecule has 0 spiro atoms. The average molecular weight is 95.9 g/mol. The predicted octanol–water partition coefficient (Wildman–Crippen LogP) is 0.773. The van der Waals surface area contributed by atoms with Crippen LogP contribution in [0.1, 0.15) is 0 Å². The Balaban J connectivity index is 0.000000360. The van der Waals surface area contributed by atoms with Gasteiger partial charge < -0.3 is 4.98 Å². The van der Waals surface area contributed by atoms with Gasteiger partial charge in [0.25, 0.3) is 0 Å². The number of hydrogen-bond donors (Lipinski definition) is 1. The molecule has 1 aromatic rings. The Morgan fingerprint density at radius 1 is 1.57 bits per heavy atom. The molecule has 3 radical (unpaired) electrons. The van der Waals surface area contributed by atoms with E-state index in [0.717, 1.165) is 0 Å². The highest BCUT2D eigenvalue weighted by Gasteiger charge is 1.77. The molecule has 0 aliphatic rings. The number of nitrogens with one attached hydrogen (secondary N) is 1. The fourth-order valence-corrected chi connectivity index (χ4v) is 0.308. The largest absolute Gasteiger partial charge is 0.339 e. The van der Waals surface area contributed by atoms with Gasteiger partial charge in [-0.15, -0.1) is 0 Å². The van der Waals surface area contributed by atoms with Crippen molar-refractivity contribution in [2.75, 3.05) is 0 Å². The minimum absolute atomic E-state index is 0. The Kier molecular flexibility index (Phi) is 2.19. The molecular weight excluding hydrogens is 91.9 g/mol. The van der Waals surface area contributed by atoms with Gasteiger partial charge in [-0.05, 0) is 12.1 Å². The van der Waals surface area contributed by atoms with Crippen molar-refractivity contribution >= 4 is 8.41 Å². The lowest BCUT2D eigenvalue weighted by molar-refractivity contribution is 0.591. The zero-order valence-corrected chi connectivity index (χ0v) is 3.69. The summed E-state index contributed by atoms with van der Waals surface area (Å²) in [6.07, 6.45) is 1.54. The van der Waals surface area contributed by atoms with Crippen LogP contribution in [0, 0.1) is 5.95 Å². The fourth-order valence-electron chi connectivity index (χ4n) is 0.308. The topological polar surface area (TPSA) is 15.8 Å². The van der Waals surface area contributed by atoms with Crippen LogP contribution in [0.4, 0.5) is 4.39 Å². The first-order valence-electron chi connectivity index (χ1n) is 1.68. The zero-order chi connectivity index (χ0) is 4.41. The Morgan fingerprint density at radius 2 is 2.29 bits per heavy atom. The quantitative estimate of drug-likeness (QED) is 0.459.